The first-order valence-electron chi connectivity index (χ1n) is 9.87. The Morgan fingerprint density at radius 3 is 2.41 bits per heavy atom. The largest absolute Gasteiger partial charge is 0.378 e. The first-order chi connectivity index (χ1) is 15.2. The van der Waals surface area contributed by atoms with Crippen LogP contribution in [-0.2, 0) is 9.59 Å². The smallest absolute Gasteiger partial charge is 0.247 e. The summed E-state index contributed by atoms with van der Waals surface area (Å²) in [5, 5.41) is 7.42. The molecule has 0 radical (unpaired) electrons. The number of nitrogens with two attached hydrogens (primary N) is 1. The van der Waals surface area contributed by atoms with Crippen LogP contribution in [0.4, 0.5) is 15.8 Å². The van der Waals surface area contributed by atoms with Crippen molar-refractivity contribution in [3.8, 4) is 0 Å². The molecule has 2 aromatic carbocycles. The van der Waals surface area contributed by atoms with E-state index in [4.69, 9.17) is 5.73 Å². The highest BCUT2D eigenvalue weighted by molar-refractivity contribution is 8.14. The van der Waals surface area contributed by atoms with Crippen LogP contribution in [0.2, 0.25) is 0 Å². The zero-order valence-electron chi connectivity index (χ0n) is 18.0. The first-order valence-corrected chi connectivity index (χ1v) is 10.7. The van der Waals surface area contributed by atoms with Crippen LogP contribution in [0.5, 0.6) is 0 Å². The molecule has 1 saturated heterocycles. The molecule has 7 nitrogen and oxygen atoms in total. The van der Waals surface area contributed by atoms with E-state index >= 15 is 0 Å². The van der Waals surface area contributed by atoms with Gasteiger partial charge in [0, 0.05) is 26.2 Å². The number of allylic oxidation sites excluding steroid dienone is 1. The number of anilines is 2. The van der Waals surface area contributed by atoms with Gasteiger partial charge in [-0.2, -0.15) is 5.10 Å². The van der Waals surface area contributed by atoms with E-state index in [1.807, 2.05) is 55.4 Å². The number of halogens is 1. The molecule has 2 aromatic rings. The van der Waals surface area contributed by atoms with Crippen LogP contribution in [0, 0.1) is 5.82 Å². The molecular formula is C23H24FN5O2S. The van der Waals surface area contributed by atoms with Gasteiger partial charge >= 0.3 is 0 Å². The third-order valence-corrected chi connectivity index (χ3v) is 5.66. The second-order valence-corrected chi connectivity index (χ2v) is 8.58. The quantitative estimate of drug-likeness (QED) is 0.312. The lowest BCUT2D eigenvalue weighted by atomic mass is 10.2. The van der Waals surface area contributed by atoms with Crippen LogP contribution in [0.3, 0.4) is 0 Å². The Kier molecular flexibility index (Phi) is 7.42. The van der Waals surface area contributed by atoms with Crippen molar-refractivity contribution in [2.45, 2.75) is 18.6 Å². The van der Waals surface area contributed by atoms with Gasteiger partial charge in [-0.15, -0.1) is 5.10 Å². The molecule has 3 rings (SSSR count). The van der Waals surface area contributed by atoms with Gasteiger partial charge in [0.05, 0.1) is 11.4 Å². The minimum Gasteiger partial charge on any atom is -0.378 e. The molecule has 0 bridgehead atoms. The minimum absolute atomic E-state index is 0.0113. The molecule has 1 aliphatic heterocycles. The number of amides is 2. The predicted molar refractivity (Wildman–Crippen MR) is 129 cm³/mol. The third-order valence-electron chi connectivity index (χ3n) is 4.69. The van der Waals surface area contributed by atoms with Crippen molar-refractivity contribution in [2.24, 2.45) is 15.9 Å². The van der Waals surface area contributed by atoms with Crippen molar-refractivity contribution in [3.63, 3.8) is 0 Å². The molecule has 0 aromatic heterocycles. The van der Waals surface area contributed by atoms with Gasteiger partial charge in [0.1, 0.15) is 11.1 Å². The maximum absolute atomic E-state index is 13.1. The maximum Gasteiger partial charge on any atom is 0.247 e. The zero-order chi connectivity index (χ0) is 23.3. The third kappa shape index (κ3) is 5.82. The number of carbonyl (C=O) groups excluding carboxylic acids is 2. The Labute approximate surface area is 190 Å². The Morgan fingerprint density at radius 2 is 1.78 bits per heavy atom. The van der Waals surface area contributed by atoms with Gasteiger partial charge in [0.2, 0.25) is 11.8 Å². The summed E-state index contributed by atoms with van der Waals surface area (Å²) in [6, 6.07) is 13.2. The van der Waals surface area contributed by atoms with E-state index in [2.05, 4.69) is 10.2 Å². The summed E-state index contributed by atoms with van der Waals surface area (Å²) in [6.07, 6.45) is 3.71. The topological polar surface area (TPSA) is 91.4 Å². The molecule has 1 fully saturated rings. The number of thioether (sulfide) groups is 1. The lowest BCUT2D eigenvalue weighted by Gasteiger charge is -2.14. The van der Waals surface area contributed by atoms with Crippen LogP contribution in [0.15, 0.2) is 64.8 Å². The van der Waals surface area contributed by atoms with Gasteiger partial charge in [-0.25, -0.2) is 9.29 Å². The molecule has 1 atom stereocenters. The van der Waals surface area contributed by atoms with Crippen LogP contribution in [0.1, 0.15) is 18.9 Å². The number of hydrogen-bond donors (Lipinski definition) is 1. The summed E-state index contributed by atoms with van der Waals surface area (Å²) in [5.74, 6) is -1.22. The van der Waals surface area contributed by atoms with Crippen LogP contribution < -0.4 is 15.5 Å². The van der Waals surface area contributed by atoms with E-state index in [9.17, 15) is 14.0 Å². The zero-order valence-corrected chi connectivity index (χ0v) is 18.8. The molecular weight excluding hydrogens is 429 g/mol. The fourth-order valence-corrected chi connectivity index (χ4v) is 3.80. The summed E-state index contributed by atoms with van der Waals surface area (Å²) in [5.41, 5.74) is 9.01. The van der Waals surface area contributed by atoms with E-state index < -0.39 is 17.0 Å². The SMILES string of the molecule is CC(/C=C/c1ccc(N(C)C)cc1)=N/N=C(N)S[C@@H]1CC(=O)N(c2ccc(F)cc2)C1=O. The van der Waals surface area contributed by atoms with E-state index in [1.54, 1.807) is 6.92 Å². The number of carbonyl (C=O) groups is 2. The van der Waals surface area contributed by atoms with Crippen LogP contribution >= 0.6 is 11.8 Å². The average Bonchev–Trinajstić information content (AvgIpc) is 3.04. The molecule has 9 heteroatoms. The van der Waals surface area contributed by atoms with Gasteiger partial charge < -0.3 is 10.6 Å². The Bertz CT molecular complexity index is 1080. The number of benzene rings is 2. The molecule has 166 valence electrons. The van der Waals surface area contributed by atoms with E-state index in [0.29, 0.717) is 11.4 Å². The number of imide groups is 1. The monoisotopic (exact) mass is 453 g/mol. The van der Waals surface area contributed by atoms with Crippen molar-refractivity contribution in [2.75, 3.05) is 23.9 Å². The molecule has 0 spiro atoms. The first kappa shape index (κ1) is 23.2. The highest BCUT2D eigenvalue weighted by Crippen LogP contribution is 2.29. The lowest BCUT2D eigenvalue weighted by Crippen LogP contribution is -2.31. The van der Waals surface area contributed by atoms with Crippen molar-refractivity contribution in [1.29, 1.82) is 0 Å². The molecule has 0 aliphatic carbocycles. The molecule has 2 amide bonds. The van der Waals surface area contributed by atoms with Crippen molar-refractivity contribution in [3.05, 3.63) is 66.0 Å². The van der Waals surface area contributed by atoms with E-state index in [0.717, 1.165) is 27.9 Å². The molecule has 0 saturated carbocycles. The summed E-state index contributed by atoms with van der Waals surface area (Å²) >= 11 is 0.987. The second kappa shape index (κ2) is 10.2. The van der Waals surface area contributed by atoms with Gasteiger partial charge in [-0.05, 0) is 55.0 Å². The van der Waals surface area contributed by atoms with Crippen LogP contribution in [0.25, 0.3) is 6.08 Å². The van der Waals surface area contributed by atoms with Crippen LogP contribution in [-0.4, -0.2) is 42.0 Å². The predicted octanol–water partition coefficient (Wildman–Crippen LogP) is 3.66. The standard InChI is InChI=1S/C23H24FN5O2S/c1-15(4-5-16-6-10-18(11-7-16)28(2)3)26-27-23(25)32-20-14-21(30)29(22(20)31)19-12-8-17(24)9-13-19/h4-13,20H,14H2,1-3H3,(H2,25,27)/b5-4+,26-15-/t20-/m1/s1. The van der Waals surface area contributed by atoms with Crippen molar-refractivity contribution in [1.82, 2.24) is 0 Å². The minimum atomic E-state index is -0.697. The highest BCUT2D eigenvalue weighted by Gasteiger charge is 2.40. The molecule has 32 heavy (non-hydrogen) atoms. The fraction of sp³-hybridized carbons (Fsp3) is 0.217. The number of rotatable bonds is 6. The fourth-order valence-electron chi connectivity index (χ4n) is 2.99. The molecule has 0 unspecified atom stereocenters. The summed E-state index contributed by atoms with van der Waals surface area (Å²) in [4.78, 5) is 28.0. The second-order valence-electron chi connectivity index (χ2n) is 7.35. The summed E-state index contributed by atoms with van der Waals surface area (Å²) in [7, 11) is 3.97. The van der Waals surface area contributed by atoms with Crippen molar-refractivity contribution < 1.29 is 14.0 Å². The van der Waals surface area contributed by atoms with E-state index in [1.165, 1.54) is 24.3 Å². The Hall–Kier alpha value is -3.46. The molecule has 2 N–H and O–H groups in total. The number of amidine groups is 1. The molecule has 1 heterocycles. The lowest BCUT2D eigenvalue weighted by molar-refractivity contribution is -0.121. The van der Waals surface area contributed by atoms with Crippen molar-refractivity contribution >= 4 is 51.9 Å². The number of hydrogen-bond acceptors (Lipinski definition) is 6. The van der Waals surface area contributed by atoms with E-state index in [-0.39, 0.29) is 17.5 Å². The maximum atomic E-state index is 13.1. The summed E-state index contributed by atoms with van der Waals surface area (Å²) < 4.78 is 13.1. The highest BCUT2D eigenvalue weighted by atomic mass is 32.2. The Morgan fingerprint density at radius 1 is 1.12 bits per heavy atom. The van der Waals surface area contributed by atoms with Gasteiger partial charge in [-0.1, -0.05) is 30.0 Å². The normalized spacial score (nSPS) is 17.5. The Balaban J connectivity index is 1.61. The molecule has 1 aliphatic rings. The van der Waals surface area contributed by atoms with Gasteiger partial charge in [0.15, 0.2) is 5.17 Å². The summed E-state index contributed by atoms with van der Waals surface area (Å²) in [6.45, 7) is 1.78. The number of nitrogens with zero attached hydrogens (tertiary/aromatic N) is 4. The average molecular weight is 454 g/mol. The van der Waals surface area contributed by atoms with Gasteiger partial charge in [0.25, 0.3) is 0 Å². The van der Waals surface area contributed by atoms with Gasteiger partial charge in [-0.3, -0.25) is 9.59 Å².